The van der Waals surface area contributed by atoms with Crippen LogP contribution >= 0.6 is 15.8 Å². The lowest BCUT2D eigenvalue weighted by Crippen LogP contribution is -2.35. The Hall–Kier alpha value is -6.00. The molecule has 3 aliphatic heterocycles. The average Bonchev–Trinajstić information content (AvgIpc) is 3.85. The van der Waals surface area contributed by atoms with Crippen LogP contribution < -0.4 is 55.2 Å². The van der Waals surface area contributed by atoms with Crippen LogP contribution in [0.25, 0.3) is 0 Å². The number of benzene rings is 6. The van der Waals surface area contributed by atoms with Crippen LogP contribution in [0.2, 0.25) is 0 Å². The summed E-state index contributed by atoms with van der Waals surface area (Å²) in [5, 5.41) is 7.30. The van der Waals surface area contributed by atoms with Gasteiger partial charge in [-0.15, -0.1) is 0 Å². The fourth-order valence-electron chi connectivity index (χ4n) is 9.43. The molecule has 6 aromatic carbocycles. The third-order valence-electron chi connectivity index (χ3n) is 12.5. The number of hydrogen-bond acceptors (Lipinski definition) is 3. The number of aromatic nitrogens is 4. The van der Waals surface area contributed by atoms with Gasteiger partial charge in [0.25, 0.3) is 0 Å². The largest absolute Gasteiger partial charge is 0.456 e. The van der Waals surface area contributed by atoms with E-state index in [0.29, 0.717) is 0 Å². The SMILES string of the molecule is Cc1ccc2c(c1)P(c1cc(Cn3cc[n+](C)c3)cc3c1Oc1c(P4c5cc(C)ccc5Oc5ccc(C)cc54)cc(Cn4cc[n+](C)c4)cc1C3(C)C)c1cc(C)ccc1O2. The van der Waals surface area contributed by atoms with Crippen LogP contribution in [0.5, 0.6) is 34.5 Å². The topological polar surface area (TPSA) is 45.3 Å². The van der Waals surface area contributed by atoms with Gasteiger partial charge in [0.1, 0.15) is 72.4 Å². The Bertz CT molecular complexity index is 2830. The fourth-order valence-corrected chi connectivity index (χ4v) is 15.0. The third kappa shape index (κ3) is 6.57. The third-order valence-corrected chi connectivity index (χ3v) is 17.5. The molecule has 7 nitrogen and oxygen atoms in total. The first kappa shape index (κ1) is 38.9. The number of ether oxygens (including phenoxy) is 3. The number of rotatable bonds is 6. The van der Waals surface area contributed by atoms with Gasteiger partial charge in [0.15, 0.2) is 0 Å². The Morgan fingerprint density at radius 1 is 0.468 bits per heavy atom. The molecular formula is C53H50N4O3P2+2. The monoisotopic (exact) mass is 852 g/mol. The number of aryl methyl sites for hydroxylation is 6. The summed E-state index contributed by atoms with van der Waals surface area (Å²) < 4.78 is 30.0. The van der Waals surface area contributed by atoms with Crippen LogP contribution in [-0.4, -0.2) is 9.13 Å². The Morgan fingerprint density at radius 3 is 1.15 bits per heavy atom. The summed E-state index contributed by atoms with van der Waals surface area (Å²) in [5.74, 6) is 5.58. The maximum atomic E-state index is 7.81. The number of fused-ring (bicyclic) bond motifs is 6. The zero-order valence-electron chi connectivity index (χ0n) is 36.5. The fraction of sp³-hybridized carbons (Fsp3) is 0.208. The van der Waals surface area contributed by atoms with Gasteiger partial charge in [-0.05, 0) is 127 Å². The van der Waals surface area contributed by atoms with Crippen molar-refractivity contribution in [2.24, 2.45) is 14.1 Å². The standard InChI is InChI=1S/C53H50N4O3P2/c1-33-9-13-41-45(21-33)61(46-22-34(2)10-14-42(46)58-41)49-27-37(29-56-19-17-54(7)31-56)25-39-51(49)60-52-40(53(39,5)6)26-38(30-57-20-18-55(8)32-57)28-50(52)62-47-23-35(3)11-15-43(47)59-44-16-12-36(4)24-48(44)62/h9-28,31-32H,29-30H2,1-8H3/q+2. The van der Waals surface area contributed by atoms with Crippen LogP contribution in [0.15, 0.2) is 135 Å². The van der Waals surface area contributed by atoms with E-state index in [2.05, 4.69) is 208 Å². The van der Waals surface area contributed by atoms with E-state index in [9.17, 15) is 0 Å². The highest BCUT2D eigenvalue weighted by Gasteiger charge is 2.43. The molecule has 9 heteroatoms. The average molecular weight is 853 g/mol. The van der Waals surface area contributed by atoms with E-state index in [-0.39, 0.29) is 0 Å². The van der Waals surface area contributed by atoms with Crippen molar-refractivity contribution in [1.29, 1.82) is 0 Å². The number of nitrogens with zero attached hydrogens (tertiary/aromatic N) is 4. The minimum absolute atomic E-state index is 0.430. The molecule has 11 rings (SSSR count). The molecule has 5 heterocycles. The molecule has 0 saturated heterocycles. The molecule has 0 N–H and O–H groups in total. The molecule has 2 aromatic heterocycles. The van der Waals surface area contributed by atoms with Gasteiger partial charge in [-0.25, -0.2) is 18.3 Å². The first-order valence-electron chi connectivity index (χ1n) is 21.3. The van der Waals surface area contributed by atoms with E-state index >= 15 is 0 Å². The van der Waals surface area contributed by atoms with Crippen LogP contribution in [-0.2, 0) is 32.6 Å². The smallest absolute Gasteiger partial charge is 0.243 e. The second kappa shape index (κ2) is 14.5. The Labute approximate surface area is 366 Å². The van der Waals surface area contributed by atoms with E-state index in [1.807, 2.05) is 0 Å². The van der Waals surface area contributed by atoms with Crippen LogP contribution in [0.1, 0.15) is 58.4 Å². The molecule has 3 aliphatic rings. The lowest BCUT2D eigenvalue weighted by Gasteiger charge is -2.40. The maximum Gasteiger partial charge on any atom is 0.243 e. The second-order valence-corrected chi connectivity index (χ2v) is 22.2. The van der Waals surface area contributed by atoms with E-state index in [1.54, 1.807) is 0 Å². The van der Waals surface area contributed by atoms with Crippen molar-refractivity contribution in [2.45, 2.75) is 60.0 Å². The lowest BCUT2D eigenvalue weighted by atomic mass is 9.74. The van der Waals surface area contributed by atoms with Gasteiger partial charge in [0, 0.05) is 48.4 Å². The predicted octanol–water partition coefficient (Wildman–Crippen LogP) is 8.43. The van der Waals surface area contributed by atoms with Gasteiger partial charge >= 0.3 is 0 Å². The molecule has 0 bridgehead atoms. The van der Waals surface area contributed by atoms with Gasteiger partial charge in [-0.1, -0.05) is 60.4 Å². The van der Waals surface area contributed by atoms with Gasteiger partial charge < -0.3 is 14.2 Å². The molecule has 0 atom stereocenters. The molecule has 0 spiro atoms. The first-order chi connectivity index (χ1) is 29.9. The van der Waals surface area contributed by atoms with Gasteiger partial charge in [-0.2, -0.15) is 0 Å². The van der Waals surface area contributed by atoms with Crippen LogP contribution in [0.3, 0.4) is 0 Å². The molecule has 0 unspecified atom stereocenters. The molecule has 0 amide bonds. The quantitative estimate of drug-likeness (QED) is 0.125. The molecule has 0 fully saturated rings. The van der Waals surface area contributed by atoms with Crippen molar-refractivity contribution < 1.29 is 23.3 Å². The molecule has 62 heavy (non-hydrogen) atoms. The Kier molecular flexibility index (Phi) is 9.12. The zero-order chi connectivity index (χ0) is 42.6. The lowest BCUT2D eigenvalue weighted by molar-refractivity contribution is -0.671. The van der Waals surface area contributed by atoms with Gasteiger partial charge in [0.05, 0.1) is 14.1 Å². The number of hydrogen-bond donors (Lipinski definition) is 0. The molecule has 0 radical (unpaired) electrons. The van der Waals surface area contributed by atoms with E-state index in [1.165, 1.54) is 76.3 Å². The highest BCUT2D eigenvalue weighted by Crippen LogP contribution is 2.56. The summed E-state index contributed by atoms with van der Waals surface area (Å²) in [6.07, 6.45) is 12.8. The first-order valence-corrected chi connectivity index (χ1v) is 24.0. The minimum atomic E-state index is -1.10. The zero-order valence-corrected chi connectivity index (χ0v) is 38.3. The molecule has 0 saturated carbocycles. The summed E-state index contributed by atoms with van der Waals surface area (Å²) in [7, 11) is 1.95. The minimum Gasteiger partial charge on any atom is -0.456 e. The summed E-state index contributed by atoms with van der Waals surface area (Å²) in [6.45, 7) is 15.0. The summed E-state index contributed by atoms with van der Waals surface area (Å²) in [4.78, 5) is 0. The van der Waals surface area contributed by atoms with Crippen molar-refractivity contribution >= 4 is 47.7 Å². The van der Waals surface area contributed by atoms with E-state index in [4.69, 9.17) is 14.2 Å². The van der Waals surface area contributed by atoms with Crippen molar-refractivity contribution in [2.75, 3.05) is 0 Å². The van der Waals surface area contributed by atoms with Gasteiger partial charge in [-0.3, -0.25) is 0 Å². The van der Waals surface area contributed by atoms with Crippen LogP contribution in [0, 0.1) is 27.7 Å². The van der Waals surface area contributed by atoms with Crippen molar-refractivity contribution in [1.82, 2.24) is 9.13 Å². The Morgan fingerprint density at radius 2 is 0.823 bits per heavy atom. The van der Waals surface area contributed by atoms with Crippen molar-refractivity contribution in [3.05, 3.63) is 179 Å². The van der Waals surface area contributed by atoms with Gasteiger partial charge in [0.2, 0.25) is 12.7 Å². The molecular weight excluding hydrogens is 803 g/mol. The Balaban J connectivity index is 1.20. The predicted molar refractivity (Wildman–Crippen MR) is 251 cm³/mol. The highest BCUT2D eigenvalue weighted by atomic mass is 31.1. The molecule has 8 aromatic rings. The summed E-state index contributed by atoms with van der Waals surface area (Å²) in [6, 6.07) is 36.3. The molecule has 308 valence electrons. The maximum absolute atomic E-state index is 7.81. The summed E-state index contributed by atoms with van der Waals surface area (Å²) >= 11 is 0. The normalized spacial score (nSPS) is 14.6. The second-order valence-electron chi connectivity index (χ2n) is 18.0. The molecule has 0 aliphatic carbocycles. The van der Waals surface area contributed by atoms with Crippen molar-refractivity contribution in [3.8, 4) is 34.5 Å². The van der Waals surface area contributed by atoms with E-state index in [0.717, 1.165) is 47.6 Å². The van der Waals surface area contributed by atoms with E-state index < -0.39 is 21.3 Å². The number of imidazole rings is 2. The van der Waals surface area contributed by atoms with Crippen molar-refractivity contribution in [3.63, 3.8) is 0 Å². The van der Waals surface area contributed by atoms with Crippen LogP contribution in [0.4, 0.5) is 0 Å². The highest BCUT2D eigenvalue weighted by molar-refractivity contribution is 7.81. The summed E-state index contributed by atoms with van der Waals surface area (Å²) in [5.41, 5.74) is 9.31.